The molecule has 232 valence electrons. The van der Waals surface area contributed by atoms with Gasteiger partial charge < -0.3 is 15.0 Å². The highest BCUT2D eigenvalue weighted by Crippen LogP contribution is 2.54. The summed E-state index contributed by atoms with van der Waals surface area (Å²) in [7, 11) is 1.56. The smallest absolute Gasteiger partial charge is 0.308 e. The van der Waals surface area contributed by atoms with Gasteiger partial charge in [-0.1, -0.05) is 53.4 Å². The Morgan fingerprint density at radius 1 is 0.933 bits per heavy atom. The van der Waals surface area contributed by atoms with Crippen molar-refractivity contribution in [2.75, 3.05) is 35.3 Å². The Labute approximate surface area is 269 Å². The van der Waals surface area contributed by atoms with Gasteiger partial charge in [0.05, 0.1) is 23.7 Å². The second-order valence-corrected chi connectivity index (χ2v) is 13.1. The fourth-order valence-corrected chi connectivity index (χ4v) is 8.90. The molecule has 3 aromatic carbocycles. The Balaban J connectivity index is 1.41. The number of amides is 3. The van der Waals surface area contributed by atoms with Gasteiger partial charge in [-0.3, -0.25) is 23.7 Å². The van der Waals surface area contributed by atoms with Crippen molar-refractivity contribution in [3.8, 4) is 5.75 Å². The number of benzene rings is 3. The third-order valence-electron chi connectivity index (χ3n) is 8.48. The second-order valence-electron chi connectivity index (χ2n) is 11.0. The topological polar surface area (TPSA) is 101 Å². The zero-order chi connectivity index (χ0) is 31.8. The zero-order valence-corrected chi connectivity index (χ0v) is 27.1. The Hall–Kier alpha value is -4.35. The van der Waals surface area contributed by atoms with Crippen molar-refractivity contribution >= 4 is 57.9 Å². The largest absolute Gasteiger partial charge is 0.497 e. The fourth-order valence-electron chi connectivity index (χ4n) is 6.13. The van der Waals surface area contributed by atoms with Gasteiger partial charge in [-0.25, -0.2) is 4.90 Å². The maximum absolute atomic E-state index is 14.2. The van der Waals surface area contributed by atoms with Crippen LogP contribution in [0.2, 0.25) is 0 Å². The molecule has 0 bridgehead atoms. The van der Waals surface area contributed by atoms with Gasteiger partial charge in [0.2, 0.25) is 17.7 Å². The number of hydrogen-bond donors (Lipinski definition) is 1. The van der Waals surface area contributed by atoms with Crippen LogP contribution in [-0.2, 0) is 20.9 Å². The van der Waals surface area contributed by atoms with Gasteiger partial charge in [0.15, 0.2) is 0 Å². The van der Waals surface area contributed by atoms with E-state index in [1.807, 2.05) is 55.5 Å². The minimum Gasteiger partial charge on any atom is -0.497 e. The first-order valence-electron chi connectivity index (χ1n) is 14.9. The van der Waals surface area contributed by atoms with E-state index in [9.17, 15) is 19.2 Å². The number of ether oxygens (including phenoxy) is 1. The molecule has 9 nitrogen and oxygen atoms in total. The average molecular weight is 643 g/mol. The Morgan fingerprint density at radius 3 is 2.27 bits per heavy atom. The summed E-state index contributed by atoms with van der Waals surface area (Å²) in [5.74, 6) is -1.63. The van der Waals surface area contributed by atoms with E-state index in [1.165, 1.54) is 21.2 Å². The molecule has 1 fully saturated rings. The monoisotopic (exact) mass is 642 g/mol. The van der Waals surface area contributed by atoms with E-state index in [4.69, 9.17) is 4.74 Å². The standard InChI is InChI=1S/C34H34N4O5S2/c1-5-36(6-2)22-13-11-21(12-14-22)27-28-29(32(41)38(31(28)40)23-15-17-24(43-4)18-16-23)44-33-30(27)45-34(42)37(33)19-26(39)35-25-10-8-7-9-20(25)3/h7-18,27-29H,5-6,19H2,1-4H3,(H,35,39)/t27-,28?,29?/m1/s1. The van der Waals surface area contributed by atoms with E-state index >= 15 is 0 Å². The van der Waals surface area contributed by atoms with Gasteiger partial charge in [-0.15, -0.1) is 0 Å². The van der Waals surface area contributed by atoms with Crippen LogP contribution in [0.25, 0.3) is 0 Å². The Bertz CT molecular complexity index is 1810. The molecule has 2 unspecified atom stereocenters. The SMILES string of the molecule is CCN(CC)c1ccc([C@H]2c3sc(=O)n(CC(=O)Nc4ccccc4C)c3SC3C(=O)N(c4ccc(OC)cc4)C(=O)C32)cc1. The molecule has 6 rings (SSSR count). The molecule has 2 aliphatic rings. The molecule has 3 amide bonds. The van der Waals surface area contributed by atoms with Crippen molar-refractivity contribution < 1.29 is 19.1 Å². The maximum atomic E-state index is 14.2. The number of anilines is 3. The van der Waals surface area contributed by atoms with Crippen molar-refractivity contribution in [1.82, 2.24) is 4.57 Å². The zero-order valence-electron chi connectivity index (χ0n) is 25.5. The van der Waals surface area contributed by atoms with Crippen LogP contribution >= 0.6 is 23.1 Å². The average Bonchev–Trinajstić information content (AvgIpc) is 3.49. The first kappa shape index (κ1) is 30.7. The normalized spacial score (nSPS) is 18.8. The van der Waals surface area contributed by atoms with Crippen LogP contribution in [0.3, 0.4) is 0 Å². The molecule has 0 radical (unpaired) electrons. The van der Waals surface area contributed by atoms with E-state index in [0.29, 0.717) is 27.0 Å². The summed E-state index contributed by atoms with van der Waals surface area (Å²) in [5.41, 5.74) is 3.95. The molecule has 0 aliphatic carbocycles. The molecule has 3 heterocycles. The minimum atomic E-state index is -0.765. The third-order valence-corrected chi connectivity index (χ3v) is 11.1. The second kappa shape index (κ2) is 12.6. The van der Waals surface area contributed by atoms with Crippen LogP contribution in [0, 0.1) is 12.8 Å². The van der Waals surface area contributed by atoms with Crippen molar-refractivity contribution in [2.45, 2.75) is 43.5 Å². The molecule has 2 aliphatic heterocycles. The van der Waals surface area contributed by atoms with Crippen LogP contribution in [0.5, 0.6) is 5.75 Å². The number of aromatic nitrogens is 1. The van der Waals surface area contributed by atoms with Gasteiger partial charge in [0.1, 0.15) is 17.5 Å². The first-order chi connectivity index (χ1) is 21.7. The van der Waals surface area contributed by atoms with Crippen molar-refractivity contribution in [2.24, 2.45) is 5.92 Å². The molecular formula is C34H34N4O5S2. The summed E-state index contributed by atoms with van der Waals surface area (Å²) in [6.07, 6.45) is 0. The van der Waals surface area contributed by atoms with E-state index in [0.717, 1.165) is 41.2 Å². The number of carbonyl (C=O) groups excluding carboxylic acids is 3. The summed E-state index contributed by atoms with van der Waals surface area (Å²) >= 11 is 2.25. The molecular weight excluding hydrogens is 609 g/mol. The van der Waals surface area contributed by atoms with Crippen molar-refractivity contribution in [3.63, 3.8) is 0 Å². The molecule has 1 aromatic heterocycles. The van der Waals surface area contributed by atoms with Crippen molar-refractivity contribution in [3.05, 3.63) is 98.5 Å². The number of hydrogen-bond acceptors (Lipinski definition) is 8. The number of nitrogens with zero attached hydrogens (tertiary/aromatic N) is 3. The van der Waals surface area contributed by atoms with Gasteiger partial charge in [-0.05, 0) is 74.4 Å². The molecule has 1 N–H and O–H groups in total. The number of imide groups is 1. The van der Waals surface area contributed by atoms with Crippen LogP contribution in [0.15, 0.2) is 82.6 Å². The lowest BCUT2D eigenvalue weighted by Crippen LogP contribution is -2.33. The lowest BCUT2D eigenvalue weighted by molar-refractivity contribution is -0.122. The number of thiazole rings is 1. The van der Waals surface area contributed by atoms with Crippen LogP contribution in [0.4, 0.5) is 17.1 Å². The molecule has 45 heavy (non-hydrogen) atoms. The van der Waals surface area contributed by atoms with Crippen LogP contribution in [-0.4, -0.2) is 47.7 Å². The predicted octanol–water partition coefficient (Wildman–Crippen LogP) is 5.51. The fraction of sp³-hybridized carbons (Fsp3) is 0.294. The molecule has 4 aromatic rings. The molecule has 0 saturated carbocycles. The Kier molecular flexibility index (Phi) is 8.56. The number of aryl methyl sites for hydroxylation is 1. The van der Waals surface area contributed by atoms with Gasteiger partial charge >= 0.3 is 4.87 Å². The van der Waals surface area contributed by atoms with Crippen LogP contribution in [0.1, 0.15) is 35.8 Å². The number of para-hydroxylation sites is 1. The number of thioether (sulfide) groups is 1. The minimum absolute atomic E-state index is 0.207. The molecule has 1 saturated heterocycles. The summed E-state index contributed by atoms with van der Waals surface area (Å²) in [4.78, 5) is 58.7. The quantitative estimate of drug-likeness (QED) is 0.241. The summed E-state index contributed by atoms with van der Waals surface area (Å²) in [6, 6.07) is 22.3. The number of carbonyl (C=O) groups is 3. The number of rotatable bonds is 9. The number of methoxy groups -OCH3 is 1. The predicted molar refractivity (Wildman–Crippen MR) is 179 cm³/mol. The highest BCUT2D eigenvalue weighted by molar-refractivity contribution is 8.00. The number of fused-ring (bicyclic) bond motifs is 2. The van der Waals surface area contributed by atoms with Gasteiger partial charge in [0.25, 0.3) is 0 Å². The third kappa shape index (κ3) is 5.55. The van der Waals surface area contributed by atoms with E-state index < -0.39 is 17.1 Å². The number of nitrogens with one attached hydrogen (secondary N) is 1. The van der Waals surface area contributed by atoms with E-state index in [2.05, 4.69) is 24.1 Å². The van der Waals surface area contributed by atoms with E-state index in [-0.39, 0.29) is 29.1 Å². The summed E-state index contributed by atoms with van der Waals surface area (Å²) in [5, 5.41) is 2.70. The van der Waals surface area contributed by atoms with E-state index in [1.54, 1.807) is 31.4 Å². The van der Waals surface area contributed by atoms with Crippen LogP contribution < -0.4 is 24.7 Å². The van der Waals surface area contributed by atoms with Gasteiger partial charge in [0, 0.05) is 35.3 Å². The highest BCUT2D eigenvalue weighted by atomic mass is 32.2. The highest BCUT2D eigenvalue weighted by Gasteiger charge is 2.56. The molecule has 3 atom stereocenters. The summed E-state index contributed by atoms with van der Waals surface area (Å²) in [6.45, 7) is 7.59. The van der Waals surface area contributed by atoms with Crippen molar-refractivity contribution in [1.29, 1.82) is 0 Å². The first-order valence-corrected chi connectivity index (χ1v) is 16.6. The maximum Gasteiger partial charge on any atom is 0.308 e. The lowest BCUT2D eigenvalue weighted by atomic mass is 9.83. The van der Waals surface area contributed by atoms with Gasteiger partial charge in [-0.2, -0.15) is 0 Å². The lowest BCUT2D eigenvalue weighted by Gasteiger charge is -2.31. The molecule has 0 spiro atoms. The Morgan fingerprint density at radius 2 is 1.62 bits per heavy atom. The molecule has 11 heteroatoms. The summed E-state index contributed by atoms with van der Waals surface area (Å²) < 4.78 is 6.71.